The van der Waals surface area contributed by atoms with Crippen molar-refractivity contribution >= 4 is 37.9 Å². The topological polar surface area (TPSA) is 71.1 Å². The Morgan fingerprint density at radius 1 is 0.774 bits per heavy atom. The van der Waals surface area contributed by atoms with Crippen molar-refractivity contribution in [1.82, 2.24) is 0 Å². The third kappa shape index (κ3) is 19.6. The summed E-state index contributed by atoms with van der Waals surface area (Å²) >= 11 is 0. The second-order valence-electron chi connectivity index (χ2n) is 10.0. The zero-order valence-electron chi connectivity index (χ0n) is 21.1. The van der Waals surface area contributed by atoms with E-state index < -0.39 is 37.9 Å². The molecule has 0 saturated carbocycles. The lowest BCUT2D eigenvalue weighted by Gasteiger charge is -2.33. The number of carbonyl (C=O) groups is 2. The predicted molar refractivity (Wildman–Crippen MR) is 134 cm³/mol. The molecule has 0 aliphatic heterocycles. The molecule has 1 atom stereocenters. The third-order valence-corrected chi connectivity index (χ3v) is 13.1. The van der Waals surface area contributed by atoms with Gasteiger partial charge in [-0.1, -0.05) is 46.0 Å². The van der Waals surface area contributed by atoms with Crippen molar-refractivity contribution in [2.45, 2.75) is 104 Å². The first-order valence-electron chi connectivity index (χ1n) is 11.7. The van der Waals surface area contributed by atoms with Crippen LogP contribution < -0.4 is 0 Å². The molecular formula is C22H46O6Si3. The van der Waals surface area contributed by atoms with Gasteiger partial charge in [0.1, 0.15) is 0 Å². The lowest BCUT2D eigenvalue weighted by atomic mass is 10.1. The van der Waals surface area contributed by atoms with E-state index >= 15 is 0 Å². The Balaban J connectivity index is 4.21. The molecule has 6 nitrogen and oxygen atoms in total. The van der Waals surface area contributed by atoms with Crippen molar-refractivity contribution in [3.8, 4) is 0 Å². The van der Waals surface area contributed by atoms with E-state index in [1.54, 1.807) is 0 Å². The fourth-order valence-electron chi connectivity index (χ4n) is 2.72. The highest BCUT2D eigenvalue weighted by Crippen LogP contribution is 2.23. The Labute approximate surface area is 194 Å². The molecule has 0 aliphatic rings. The number of ether oxygens (including phenoxy) is 2. The van der Waals surface area contributed by atoms with Crippen LogP contribution in [0.1, 0.15) is 58.8 Å². The molecule has 0 fully saturated rings. The number of rotatable bonds is 17. The smallest absolute Gasteiger partial charge is 0.331 e. The monoisotopic (exact) mass is 490 g/mol. The molecule has 0 N–H and O–H groups in total. The van der Waals surface area contributed by atoms with Crippen molar-refractivity contribution in [1.29, 1.82) is 0 Å². The molecule has 31 heavy (non-hydrogen) atoms. The standard InChI is InChI=1S/C22H46O6Si3/c1-9-10-11-12-13-14-18-25-21(23)15-16-22(24)26-19-17-20(2)29(27-30(3,4)5)28-31(6,7)8/h15-16,20,29H,9-14,17-19H2,1-8H3/b16-15+. The molecule has 182 valence electrons. The van der Waals surface area contributed by atoms with Crippen molar-refractivity contribution in [2.24, 2.45) is 0 Å². The normalized spacial score (nSPS) is 13.6. The molecule has 0 aromatic carbocycles. The van der Waals surface area contributed by atoms with Crippen LogP contribution in [0.5, 0.6) is 0 Å². The highest BCUT2D eigenvalue weighted by atomic mass is 28.4. The van der Waals surface area contributed by atoms with Crippen LogP contribution in [-0.2, 0) is 27.3 Å². The molecule has 0 spiro atoms. The van der Waals surface area contributed by atoms with Crippen LogP contribution in [0.25, 0.3) is 0 Å². The van der Waals surface area contributed by atoms with E-state index in [-0.39, 0.29) is 12.1 Å². The van der Waals surface area contributed by atoms with E-state index in [1.165, 1.54) is 25.7 Å². The van der Waals surface area contributed by atoms with Gasteiger partial charge in [0, 0.05) is 12.2 Å². The van der Waals surface area contributed by atoms with E-state index in [2.05, 4.69) is 53.1 Å². The van der Waals surface area contributed by atoms with Gasteiger partial charge in [0.25, 0.3) is 0 Å². The number of hydrogen-bond donors (Lipinski definition) is 0. The maximum atomic E-state index is 11.9. The van der Waals surface area contributed by atoms with Gasteiger partial charge >= 0.3 is 21.2 Å². The Bertz CT molecular complexity index is 524. The van der Waals surface area contributed by atoms with Gasteiger partial charge in [-0.05, 0) is 57.7 Å². The van der Waals surface area contributed by atoms with Gasteiger partial charge < -0.3 is 17.7 Å². The lowest BCUT2D eigenvalue weighted by Crippen LogP contribution is -2.45. The summed E-state index contributed by atoms with van der Waals surface area (Å²) < 4.78 is 23.1. The number of carbonyl (C=O) groups excluding carboxylic acids is 2. The van der Waals surface area contributed by atoms with Crippen LogP contribution in [0.15, 0.2) is 12.2 Å². The third-order valence-electron chi connectivity index (χ3n) is 4.32. The molecule has 0 rings (SSSR count). The van der Waals surface area contributed by atoms with Crippen molar-refractivity contribution in [3.63, 3.8) is 0 Å². The van der Waals surface area contributed by atoms with Crippen LogP contribution in [0.3, 0.4) is 0 Å². The van der Waals surface area contributed by atoms with Gasteiger partial charge in [0.05, 0.1) is 13.2 Å². The molecule has 0 aromatic rings. The number of unbranched alkanes of at least 4 members (excludes halogenated alkanes) is 5. The Kier molecular flexibility index (Phi) is 15.6. The second-order valence-corrected chi connectivity index (χ2v) is 22.2. The molecule has 0 amide bonds. The van der Waals surface area contributed by atoms with Crippen LogP contribution in [0, 0.1) is 0 Å². The summed E-state index contributed by atoms with van der Waals surface area (Å²) in [5.41, 5.74) is 0.234. The second kappa shape index (κ2) is 16.0. The van der Waals surface area contributed by atoms with Crippen molar-refractivity contribution in [3.05, 3.63) is 12.2 Å². The Hall–Kier alpha value is -0.749. The van der Waals surface area contributed by atoms with E-state index in [9.17, 15) is 9.59 Å². The van der Waals surface area contributed by atoms with Crippen LogP contribution in [0.4, 0.5) is 0 Å². The van der Waals surface area contributed by atoms with Gasteiger partial charge in [0.2, 0.25) is 0 Å². The molecule has 0 aliphatic carbocycles. The molecule has 0 bridgehead atoms. The largest absolute Gasteiger partial charge is 0.463 e. The van der Waals surface area contributed by atoms with E-state index in [0.29, 0.717) is 13.0 Å². The lowest BCUT2D eigenvalue weighted by molar-refractivity contribution is -0.140. The summed E-state index contributed by atoms with van der Waals surface area (Å²) in [6.45, 7) is 18.0. The first kappa shape index (κ1) is 30.3. The summed E-state index contributed by atoms with van der Waals surface area (Å²) in [4.78, 5) is 23.6. The summed E-state index contributed by atoms with van der Waals surface area (Å²) in [5, 5.41) is 0. The summed E-state index contributed by atoms with van der Waals surface area (Å²) in [5.74, 6) is -1.03. The summed E-state index contributed by atoms with van der Waals surface area (Å²) in [6, 6.07) is 0. The molecule has 0 aromatic heterocycles. The van der Waals surface area contributed by atoms with Crippen molar-refractivity contribution in [2.75, 3.05) is 13.2 Å². The van der Waals surface area contributed by atoms with Gasteiger partial charge in [-0.15, -0.1) is 0 Å². The zero-order valence-corrected chi connectivity index (χ0v) is 24.3. The molecular weight excluding hydrogens is 444 g/mol. The molecule has 0 heterocycles. The van der Waals surface area contributed by atoms with E-state index in [0.717, 1.165) is 25.0 Å². The Morgan fingerprint density at radius 3 is 1.71 bits per heavy atom. The highest BCUT2D eigenvalue weighted by Gasteiger charge is 2.32. The van der Waals surface area contributed by atoms with Gasteiger partial charge in [0.15, 0.2) is 16.6 Å². The Morgan fingerprint density at radius 2 is 1.23 bits per heavy atom. The average Bonchev–Trinajstić information content (AvgIpc) is 2.62. The van der Waals surface area contributed by atoms with Crippen LogP contribution in [0.2, 0.25) is 44.8 Å². The summed E-state index contributed by atoms with van der Waals surface area (Å²) in [7, 11) is -5.27. The predicted octanol–water partition coefficient (Wildman–Crippen LogP) is 5.69. The molecule has 0 radical (unpaired) electrons. The average molecular weight is 491 g/mol. The minimum atomic E-state index is -1.86. The minimum absolute atomic E-state index is 0.234. The molecule has 9 heteroatoms. The SMILES string of the molecule is CCCCCCCCOC(=O)/C=C/C(=O)OCCC(C)[SiH](O[Si](C)(C)C)O[Si](C)(C)C. The zero-order chi connectivity index (χ0) is 23.9. The maximum absolute atomic E-state index is 11.9. The highest BCUT2D eigenvalue weighted by molar-refractivity contribution is 6.81. The fraction of sp³-hybridized carbons (Fsp3) is 0.818. The van der Waals surface area contributed by atoms with Crippen LogP contribution >= 0.6 is 0 Å². The van der Waals surface area contributed by atoms with E-state index in [1.807, 2.05) is 0 Å². The van der Waals surface area contributed by atoms with Gasteiger partial charge in [-0.3, -0.25) is 0 Å². The fourth-order valence-corrected chi connectivity index (χ4v) is 11.2. The van der Waals surface area contributed by atoms with Crippen molar-refractivity contribution < 1.29 is 27.3 Å². The van der Waals surface area contributed by atoms with Gasteiger partial charge in [-0.2, -0.15) is 0 Å². The quantitative estimate of drug-likeness (QED) is 0.113. The minimum Gasteiger partial charge on any atom is -0.463 e. The first-order chi connectivity index (χ1) is 14.3. The first-order valence-corrected chi connectivity index (χ1v) is 20.1. The van der Waals surface area contributed by atoms with Gasteiger partial charge in [-0.25, -0.2) is 9.59 Å². The maximum Gasteiger partial charge on any atom is 0.331 e. The number of hydrogen-bond acceptors (Lipinski definition) is 6. The molecule has 1 unspecified atom stereocenters. The van der Waals surface area contributed by atoms with E-state index in [4.69, 9.17) is 17.7 Å². The summed E-state index contributed by atoms with van der Waals surface area (Å²) in [6.07, 6.45) is 9.75. The molecule has 0 saturated heterocycles. The number of esters is 2. The van der Waals surface area contributed by atoms with Crippen LogP contribution in [-0.4, -0.2) is 51.1 Å².